The smallest absolute Gasteiger partial charge is 0.193 e. The Morgan fingerprint density at radius 2 is 2.27 bits per heavy atom. The maximum Gasteiger partial charge on any atom is 0.193 e. The Hall–Kier alpha value is -1.14. The second kappa shape index (κ2) is 3.31. The second-order valence-electron chi connectivity index (χ2n) is 2.05. The molecule has 0 atom stereocenters. The number of hydrogen-bond acceptors (Lipinski definition) is 3. The van der Waals surface area contributed by atoms with E-state index < -0.39 is 0 Å². The van der Waals surface area contributed by atoms with Crippen LogP contribution in [-0.4, -0.2) is 11.3 Å². The Balaban J connectivity index is 2.97. The van der Waals surface area contributed by atoms with Crippen LogP contribution in [0, 0.1) is 25.7 Å². The van der Waals surface area contributed by atoms with Gasteiger partial charge in [-0.15, -0.1) is 11.3 Å². The highest BCUT2D eigenvalue weighted by molar-refractivity contribution is 7.12. The first-order valence-electron chi connectivity index (χ1n) is 3.13. The van der Waals surface area contributed by atoms with Gasteiger partial charge in [0.2, 0.25) is 0 Å². The molecule has 2 nitrogen and oxygen atoms in total. The minimum atomic E-state index is 0.575. The molecule has 0 saturated carbocycles. The molecule has 0 saturated heterocycles. The monoisotopic (exact) mass is 165 g/mol. The molecule has 0 bridgehead atoms. The van der Waals surface area contributed by atoms with E-state index in [1.165, 1.54) is 11.3 Å². The molecule has 1 rings (SSSR count). The summed E-state index contributed by atoms with van der Waals surface area (Å²) in [7, 11) is 0. The highest BCUT2D eigenvalue weighted by Crippen LogP contribution is 2.14. The van der Waals surface area contributed by atoms with Gasteiger partial charge in [0, 0.05) is 4.88 Å². The molecule has 0 unspecified atom stereocenters. The standard InChI is InChI=1S/C8H7NOS/c1-6-7(2)11-8(9-6)4-3-5-10/h5H,1-2H3. The average Bonchev–Trinajstić information content (AvgIpc) is 2.28. The van der Waals surface area contributed by atoms with Gasteiger partial charge in [0.1, 0.15) is 0 Å². The summed E-state index contributed by atoms with van der Waals surface area (Å²) in [5.74, 6) is 4.97. The maximum absolute atomic E-state index is 9.87. The quantitative estimate of drug-likeness (QED) is 0.428. The summed E-state index contributed by atoms with van der Waals surface area (Å²) in [4.78, 5) is 15.2. The Kier molecular flexibility index (Phi) is 2.40. The minimum absolute atomic E-state index is 0.575. The number of thiazole rings is 1. The number of rotatable bonds is 0. The topological polar surface area (TPSA) is 30.0 Å². The Labute approximate surface area is 69.3 Å². The van der Waals surface area contributed by atoms with Crippen molar-refractivity contribution < 1.29 is 4.79 Å². The largest absolute Gasteiger partial charge is 0.289 e. The van der Waals surface area contributed by atoms with Crippen LogP contribution >= 0.6 is 11.3 Å². The zero-order valence-corrected chi connectivity index (χ0v) is 7.16. The van der Waals surface area contributed by atoms with Crippen molar-refractivity contribution in [3.8, 4) is 11.8 Å². The van der Waals surface area contributed by atoms with E-state index in [1.54, 1.807) is 0 Å². The second-order valence-corrected chi connectivity index (χ2v) is 3.25. The first-order chi connectivity index (χ1) is 5.24. The lowest BCUT2D eigenvalue weighted by molar-refractivity contribution is -0.103. The van der Waals surface area contributed by atoms with E-state index in [1.807, 2.05) is 13.8 Å². The number of carbonyl (C=O) groups excluding carboxylic acids is 1. The molecule has 56 valence electrons. The molecule has 11 heavy (non-hydrogen) atoms. The molecule has 0 amide bonds. The molecule has 0 aliphatic carbocycles. The predicted molar refractivity (Wildman–Crippen MR) is 44.5 cm³/mol. The van der Waals surface area contributed by atoms with Crippen molar-refractivity contribution in [1.82, 2.24) is 4.98 Å². The maximum atomic E-state index is 9.87. The lowest BCUT2D eigenvalue weighted by Gasteiger charge is -1.77. The van der Waals surface area contributed by atoms with Gasteiger partial charge < -0.3 is 0 Å². The number of aryl methyl sites for hydroxylation is 2. The summed E-state index contributed by atoms with van der Waals surface area (Å²) in [6.07, 6.45) is 0.575. The van der Waals surface area contributed by atoms with Crippen molar-refractivity contribution in [2.24, 2.45) is 0 Å². The highest BCUT2D eigenvalue weighted by atomic mass is 32.1. The summed E-state index contributed by atoms with van der Waals surface area (Å²) < 4.78 is 0. The molecule has 3 heteroatoms. The molecule has 0 fully saturated rings. The number of aromatic nitrogens is 1. The predicted octanol–water partition coefficient (Wildman–Crippen LogP) is 1.31. The lowest BCUT2D eigenvalue weighted by Crippen LogP contribution is -1.73. The third kappa shape index (κ3) is 1.89. The molecule has 0 aromatic carbocycles. The van der Waals surface area contributed by atoms with Crippen LogP contribution < -0.4 is 0 Å². The van der Waals surface area contributed by atoms with Gasteiger partial charge in [0.25, 0.3) is 0 Å². The Morgan fingerprint density at radius 1 is 1.55 bits per heavy atom. The van der Waals surface area contributed by atoms with Crippen molar-refractivity contribution in [2.45, 2.75) is 13.8 Å². The van der Waals surface area contributed by atoms with E-state index in [2.05, 4.69) is 16.8 Å². The SMILES string of the molecule is Cc1nc(C#CC=O)sc1C. The highest BCUT2D eigenvalue weighted by Gasteiger charge is 1.98. The van der Waals surface area contributed by atoms with E-state index in [0.717, 1.165) is 10.6 Å². The first-order valence-corrected chi connectivity index (χ1v) is 3.95. The molecule has 0 aliphatic rings. The van der Waals surface area contributed by atoms with E-state index in [-0.39, 0.29) is 0 Å². The van der Waals surface area contributed by atoms with E-state index in [0.29, 0.717) is 11.3 Å². The Morgan fingerprint density at radius 3 is 2.73 bits per heavy atom. The molecule has 0 spiro atoms. The summed E-state index contributed by atoms with van der Waals surface area (Å²) in [5, 5.41) is 0.715. The summed E-state index contributed by atoms with van der Waals surface area (Å²) in [6.45, 7) is 3.91. The normalized spacial score (nSPS) is 8.55. The molecule has 0 N–H and O–H groups in total. The fourth-order valence-electron chi connectivity index (χ4n) is 0.617. The molecular weight excluding hydrogens is 158 g/mol. The van der Waals surface area contributed by atoms with Crippen LogP contribution in [0.1, 0.15) is 15.6 Å². The lowest BCUT2D eigenvalue weighted by atomic mass is 10.4. The summed E-state index contributed by atoms with van der Waals surface area (Å²) >= 11 is 1.51. The Bertz CT molecular complexity index is 310. The molecular formula is C8H7NOS. The number of carbonyl (C=O) groups is 1. The number of hydrogen-bond donors (Lipinski definition) is 0. The van der Waals surface area contributed by atoms with Crippen molar-refractivity contribution in [3.63, 3.8) is 0 Å². The van der Waals surface area contributed by atoms with Gasteiger partial charge in [-0.05, 0) is 25.7 Å². The van der Waals surface area contributed by atoms with Crippen LogP contribution in [0.5, 0.6) is 0 Å². The van der Waals surface area contributed by atoms with Gasteiger partial charge in [-0.3, -0.25) is 4.79 Å². The average molecular weight is 165 g/mol. The van der Waals surface area contributed by atoms with Crippen LogP contribution in [-0.2, 0) is 4.79 Å². The van der Waals surface area contributed by atoms with Crippen molar-refractivity contribution in [2.75, 3.05) is 0 Å². The van der Waals surface area contributed by atoms with Gasteiger partial charge >= 0.3 is 0 Å². The number of nitrogens with zero attached hydrogens (tertiary/aromatic N) is 1. The van der Waals surface area contributed by atoms with Gasteiger partial charge in [0.05, 0.1) is 5.69 Å². The van der Waals surface area contributed by atoms with Gasteiger partial charge in [-0.2, -0.15) is 0 Å². The van der Waals surface area contributed by atoms with E-state index in [4.69, 9.17) is 0 Å². The van der Waals surface area contributed by atoms with Crippen molar-refractivity contribution >= 4 is 17.6 Å². The van der Waals surface area contributed by atoms with E-state index >= 15 is 0 Å². The third-order valence-electron chi connectivity index (χ3n) is 1.27. The van der Waals surface area contributed by atoms with Crippen LogP contribution in [0.2, 0.25) is 0 Å². The van der Waals surface area contributed by atoms with Gasteiger partial charge in [-0.25, -0.2) is 4.98 Å². The molecule has 1 heterocycles. The number of aldehydes is 1. The summed E-state index contributed by atoms with van der Waals surface area (Å²) in [6, 6.07) is 0. The third-order valence-corrected chi connectivity index (χ3v) is 2.25. The molecule has 1 aromatic heterocycles. The van der Waals surface area contributed by atoms with Crippen molar-refractivity contribution in [3.05, 3.63) is 15.6 Å². The first kappa shape index (κ1) is 7.96. The fourth-order valence-corrected chi connectivity index (χ4v) is 1.39. The molecule has 0 aliphatic heterocycles. The van der Waals surface area contributed by atoms with Crippen LogP contribution in [0.3, 0.4) is 0 Å². The fraction of sp³-hybridized carbons (Fsp3) is 0.250. The van der Waals surface area contributed by atoms with Gasteiger partial charge in [0.15, 0.2) is 11.3 Å². The zero-order valence-electron chi connectivity index (χ0n) is 6.34. The molecule has 0 radical (unpaired) electrons. The minimum Gasteiger partial charge on any atom is -0.289 e. The van der Waals surface area contributed by atoms with Crippen molar-refractivity contribution in [1.29, 1.82) is 0 Å². The zero-order chi connectivity index (χ0) is 8.27. The summed E-state index contributed by atoms with van der Waals surface area (Å²) in [5.41, 5.74) is 0.991. The van der Waals surface area contributed by atoms with Gasteiger partial charge in [-0.1, -0.05) is 0 Å². The van der Waals surface area contributed by atoms with Crippen LogP contribution in [0.4, 0.5) is 0 Å². The van der Waals surface area contributed by atoms with E-state index in [9.17, 15) is 4.79 Å². The van der Waals surface area contributed by atoms with Crippen LogP contribution in [0.15, 0.2) is 0 Å². The van der Waals surface area contributed by atoms with Crippen LogP contribution in [0.25, 0.3) is 0 Å². The molecule has 1 aromatic rings.